The van der Waals surface area contributed by atoms with Crippen LogP contribution in [0.3, 0.4) is 0 Å². The van der Waals surface area contributed by atoms with Gasteiger partial charge in [0.1, 0.15) is 6.10 Å². The van der Waals surface area contributed by atoms with Crippen molar-refractivity contribution in [2.24, 2.45) is 0 Å². The van der Waals surface area contributed by atoms with Gasteiger partial charge in [-0.15, -0.1) is 11.3 Å². The fraction of sp³-hybridized carbons (Fsp3) is 0.583. The molecule has 1 atom stereocenters. The second kappa shape index (κ2) is 7.42. The lowest BCUT2D eigenvalue weighted by atomic mass is 10.3. The van der Waals surface area contributed by atoms with E-state index < -0.39 is 6.10 Å². The first kappa shape index (κ1) is 14.2. The average molecular weight is 256 g/mol. The first-order chi connectivity index (χ1) is 8.19. The van der Waals surface area contributed by atoms with Crippen LogP contribution in [0, 0.1) is 0 Å². The molecule has 2 N–H and O–H groups in total. The second-order valence-electron chi connectivity index (χ2n) is 3.73. The summed E-state index contributed by atoms with van der Waals surface area (Å²) in [5.41, 5.74) is 0. The molecule has 0 saturated carbocycles. The molecule has 5 heteroatoms. The van der Waals surface area contributed by atoms with Crippen LogP contribution in [0.25, 0.3) is 0 Å². The monoisotopic (exact) mass is 256 g/mol. The summed E-state index contributed by atoms with van der Waals surface area (Å²) in [5.74, 6) is 0.0772. The van der Waals surface area contributed by atoms with Gasteiger partial charge in [-0.2, -0.15) is 0 Å². The van der Waals surface area contributed by atoms with E-state index in [0.29, 0.717) is 6.54 Å². The number of likely N-dealkylation sites (N-methyl/N-ethyl adjacent to an activating group) is 1. The largest absolute Gasteiger partial charge is 0.386 e. The molecule has 1 heterocycles. The Bertz CT molecular complexity index is 323. The Balaban J connectivity index is 2.26. The highest BCUT2D eigenvalue weighted by Crippen LogP contribution is 2.17. The Morgan fingerprint density at radius 3 is 2.76 bits per heavy atom. The van der Waals surface area contributed by atoms with E-state index >= 15 is 0 Å². The van der Waals surface area contributed by atoms with Crippen LogP contribution in [0.5, 0.6) is 0 Å². The van der Waals surface area contributed by atoms with Gasteiger partial charge in [0, 0.05) is 24.5 Å². The van der Waals surface area contributed by atoms with Crippen molar-refractivity contribution >= 4 is 17.2 Å². The highest BCUT2D eigenvalue weighted by molar-refractivity contribution is 7.10. The van der Waals surface area contributed by atoms with Gasteiger partial charge in [-0.25, -0.2) is 0 Å². The molecule has 1 unspecified atom stereocenters. The van der Waals surface area contributed by atoms with Crippen molar-refractivity contribution in [2.45, 2.75) is 20.0 Å². The molecule has 0 spiro atoms. The smallest absolute Gasteiger partial charge is 0.236 e. The number of aliphatic hydroxyl groups is 1. The lowest BCUT2D eigenvalue weighted by Crippen LogP contribution is -2.39. The van der Waals surface area contributed by atoms with Gasteiger partial charge in [0.25, 0.3) is 0 Å². The van der Waals surface area contributed by atoms with Gasteiger partial charge in [-0.3, -0.25) is 4.79 Å². The zero-order valence-corrected chi connectivity index (χ0v) is 11.2. The van der Waals surface area contributed by atoms with E-state index in [2.05, 4.69) is 5.32 Å². The maximum atomic E-state index is 11.7. The summed E-state index contributed by atoms with van der Waals surface area (Å²) < 4.78 is 0. The number of rotatable bonds is 7. The molecule has 1 aromatic heterocycles. The SMILES string of the molecule is CCN(CC)C(=O)CNCC(O)c1cccs1. The van der Waals surface area contributed by atoms with Crippen LogP contribution >= 0.6 is 11.3 Å². The first-order valence-electron chi connectivity index (χ1n) is 5.89. The zero-order chi connectivity index (χ0) is 12.7. The lowest BCUT2D eigenvalue weighted by Gasteiger charge is -2.19. The highest BCUT2D eigenvalue weighted by atomic mass is 32.1. The standard InChI is InChI=1S/C12H20N2O2S/c1-3-14(4-2)12(16)9-13-8-10(15)11-6-5-7-17-11/h5-7,10,13,15H,3-4,8-9H2,1-2H3. The minimum absolute atomic E-state index is 0.0772. The fourth-order valence-corrected chi connectivity index (χ4v) is 2.30. The molecular formula is C12H20N2O2S. The molecule has 0 saturated heterocycles. The summed E-state index contributed by atoms with van der Waals surface area (Å²) in [6.07, 6.45) is -0.528. The van der Waals surface area contributed by atoms with Crippen LogP contribution in [0.1, 0.15) is 24.8 Å². The van der Waals surface area contributed by atoms with Crippen molar-refractivity contribution < 1.29 is 9.90 Å². The molecule has 0 radical (unpaired) electrons. The minimum atomic E-state index is -0.528. The van der Waals surface area contributed by atoms with Crippen molar-refractivity contribution in [3.8, 4) is 0 Å². The van der Waals surface area contributed by atoms with E-state index in [-0.39, 0.29) is 12.5 Å². The molecule has 96 valence electrons. The molecular weight excluding hydrogens is 236 g/mol. The highest BCUT2D eigenvalue weighted by Gasteiger charge is 2.11. The van der Waals surface area contributed by atoms with Crippen molar-refractivity contribution in [3.05, 3.63) is 22.4 Å². The van der Waals surface area contributed by atoms with Crippen LogP contribution in [-0.4, -0.2) is 42.1 Å². The number of carbonyl (C=O) groups excluding carboxylic acids is 1. The van der Waals surface area contributed by atoms with Crippen molar-refractivity contribution in [2.75, 3.05) is 26.2 Å². The van der Waals surface area contributed by atoms with Gasteiger partial charge in [0.2, 0.25) is 5.91 Å². The molecule has 0 bridgehead atoms. The zero-order valence-electron chi connectivity index (χ0n) is 10.3. The summed E-state index contributed by atoms with van der Waals surface area (Å²) in [4.78, 5) is 14.3. The summed E-state index contributed by atoms with van der Waals surface area (Å²) >= 11 is 1.52. The Morgan fingerprint density at radius 1 is 1.53 bits per heavy atom. The number of nitrogens with one attached hydrogen (secondary N) is 1. The molecule has 0 aliphatic heterocycles. The van der Waals surface area contributed by atoms with E-state index in [1.54, 1.807) is 4.90 Å². The number of aliphatic hydroxyl groups excluding tert-OH is 1. The molecule has 1 amide bonds. The summed E-state index contributed by atoms with van der Waals surface area (Å²) in [5, 5.41) is 14.7. The molecule has 1 aromatic rings. The van der Waals surface area contributed by atoms with Crippen LogP contribution < -0.4 is 5.32 Å². The van der Waals surface area contributed by atoms with E-state index in [9.17, 15) is 9.90 Å². The molecule has 17 heavy (non-hydrogen) atoms. The predicted molar refractivity (Wildman–Crippen MR) is 70.1 cm³/mol. The number of thiophene rings is 1. The molecule has 0 fully saturated rings. The van der Waals surface area contributed by atoms with Gasteiger partial charge in [0.15, 0.2) is 0 Å². The Hall–Kier alpha value is -0.910. The maximum absolute atomic E-state index is 11.7. The molecule has 0 aliphatic rings. The maximum Gasteiger partial charge on any atom is 0.236 e. The van der Waals surface area contributed by atoms with E-state index in [1.165, 1.54) is 11.3 Å². The number of nitrogens with zero attached hydrogens (tertiary/aromatic N) is 1. The summed E-state index contributed by atoms with van der Waals surface area (Å²) in [6, 6.07) is 3.80. The van der Waals surface area contributed by atoms with Crippen molar-refractivity contribution in [3.63, 3.8) is 0 Å². The third-order valence-electron chi connectivity index (χ3n) is 2.60. The normalized spacial score (nSPS) is 12.4. The number of hydrogen-bond acceptors (Lipinski definition) is 4. The third-order valence-corrected chi connectivity index (χ3v) is 3.58. The number of hydrogen-bond donors (Lipinski definition) is 2. The fourth-order valence-electron chi connectivity index (χ4n) is 1.59. The van der Waals surface area contributed by atoms with Gasteiger partial charge < -0.3 is 15.3 Å². The first-order valence-corrected chi connectivity index (χ1v) is 6.77. The molecule has 0 aliphatic carbocycles. The third kappa shape index (κ3) is 4.46. The van der Waals surface area contributed by atoms with Crippen molar-refractivity contribution in [1.82, 2.24) is 10.2 Å². The lowest BCUT2D eigenvalue weighted by molar-refractivity contribution is -0.129. The van der Waals surface area contributed by atoms with Gasteiger partial charge >= 0.3 is 0 Å². The number of carbonyl (C=O) groups is 1. The Labute approximate surface area is 106 Å². The van der Waals surface area contributed by atoms with Gasteiger partial charge in [0.05, 0.1) is 6.54 Å². The molecule has 0 aromatic carbocycles. The summed E-state index contributed by atoms with van der Waals surface area (Å²) in [6.45, 7) is 6.07. The number of amides is 1. The Kier molecular flexibility index (Phi) is 6.18. The van der Waals surface area contributed by atoms with E-state index in [0.717, 1.165) is 18.0 Å². The molecule has 1 rings (SSSR count). The van der Waals surface area contributed by atoms with Crippen molar-refractivity contribution in [1.29, 1.82) is 0 Å². The minimum Gasteiger partial charge on any atom is -0.386 e. The van der Waals surface area contributed by atoms with Crippen LogP contribution in [0.4, 0.5) is 0 Å². The van der Waals surface area contributed by atoms with E-state index in [1.807, 2.05) is 31.4 Å². The average Bonchev–Trinajstić information content (AvgIpc) is 2.84. The van der Waals surface area contributed by atoms with Gasteiger partial charge in [-0.1, -0.05) is 6.07 Å². The van der Waals surface area contributed by atoms with E-state index in [4.69, 9.17) is 0 Å². The Morgan fingerprint density at radius 2 is 2.24 bits per heavy atom. The topological polar surface area (TPSA) is 52.6 Å². The molecule has 4 nitrogen and oxygen atoms in total. The predicted octanol–water partition coefficient (Wildman–Crippen LogP) is 1.24. The quantitative estimate of drug-likeness (QED) is 0.772. The van der Waals surface area contributed by atoms with Crippen LogP contribution in [0.2, 0.25) is 0 Å². The van der Waals surface area contributed by atoms with Crippen LogP contribution in [-0.2, 0) is 4.79 Å². The summed E-state index contributed by atoms with van der Waals surface area (Å²) in [7, 11) is 0. The second-order valence-corrected chi connectivity index (χ2v) is 4.71. The van der Waals surface area contributed by atoms with Gasteiger partial charge in [-0.05, 0) is 25.3 Å². The van der Waals surface area contributed by atoms with Crippen LogP contribution in [0.15, 0.2) is 17.5 Å².